The molecule has 0 spiro atoms. The Morgan fingerprint density at radius 2 is 2.30 bits per heavy atom. The lowest BCUT2D eigenvalue weighted by atomic mass is 10.00. The van der Waals surface area contributed by atoms with Crippen molar-refractivity contribution in [3.05, 3.63) is 40.1 Å². The van der Waals surface area contributed by atoms with E-state index in [0.29, 0.717) is 6.04 Å². The van der Waals surface area contributed by atoms with Gasteiger partial charge in [0.15, 0.2) is 0 Å². The zero-order valence-electron chi connectivity index (χ0n) is 12.1. The molecule has 0 saturated heterocycles. The maximum absolute atomic E-state index is 6.44. The van der Waals surface area contributed by atoms with Crippen LogP contribution in [-0.4, -0.2) is 27.0 Å². The Labute approximate surface area is 124 Å². The van der Waals surface area contributed by atoms with Gasteiger partial charge in [-0.25, -0.2) is 4.98 Å². The van der Waals surface area contributed by atoms with Gasteiger partial charge in [0.25, 0.3) is 0 Å². The Kier molecular flexibility index (Phi) is 3.92. The van der Waals surface area contributed by atoms with E-state index in [1.54, 1.807) is 0 Å². The summed E-state index contributed by atoms with van der Waals surface area (Å²) in [6.45, 7) is 7.30. The van der Waals surface area contributed by atoms with Gasteiger partial charge in [-0.2, -0.15) is 0 Å². The summed E-state index contributed by atoms with van der Waals surface area (Å²) in [5.41, 5.74) is 7.80. The minimum Gasteiger partial charge on any atom is -0.333 e. The van der Waals surface area contributed by atoms with Gasteiger partial charge in [0.1, 0.15) is 5.82 Å². The number of aromatic nitrogens is 2. The molecule has 2 aromatic heterocycles. The number of hydrogen-bond acceptors (Lipinski definition) is 4. The average Bonchev–Trinajstić information content (AvgIpc) is 3.08. The van der Waals surface area contributed by atoms with Crippen molar-refractivity contribution in [3.8, 4) is 0 Å². The molecule has 0 saturated carbocycles. The number of nitrogens with two attached hydrogens (primary N) is 1. The highest BCUT2D eigenvalue weighted by Gasteiger charge is 2.30. The first-order chi connectivity index (χ1) is 9.70. The maximum atomic E-state index is 6.44. The van der Waals surface area contributed by atoms with Crippen LogP contribution in [0.15, 0.2) is 23.8 Å². The molecule has 0 radical (unpaired) electrons. The number of imidazole rings is 1. The lowest BCUT2D eigenvalue weighted by molar-refractivity contribution is 0.132. The Balaban J connectivity index is 1.89. The summed E-state index contributed by atoms with van der Waals surface area (Å²) in [4.78, 5) is 8.37. The zero-order valence-corrected chi connectivity index (χ0v) is 12.9. The number of aryl methyl sites for hydroxylation is 1. The minimum atomic E-state index is 0.175. The summed E-state index contributed by atoms with van der Waals surface area (Å²) < 4.78 is 2.24. The van der Waals surface area contributed by atoms with Crippen LogP contribution in [0.25, 0.3) is 0 Å². The number of fused-ring (bicyclic) bond motifs is 1. The summed E-state index contributed by atoms with van der Waals surface area (Å²) >= 11 is 1.83. The van der Waals surface area contributed by atoms with E-state index in [1.807, 2.05) is 17.5 Å². The molecule has 108 valence electrons. The van der Waals surface area contributed by atoms with Crippen LogP contribution >= 0.6 is 11.3 Å². The molecule has 0 amide bonds. The number of rotatable bonds is 4. The van der Waals surface area contributed by atoms with Crippen molar-refractivity contribution < 1.29 is 0 Å². The van der Waals surface area contributed by atoms with E-state index in [4.69, 9.17) is 5.73 Å². The molecule has 4 nitrogen and oxygen atoms in total. The summed E-state index contributed by atoms with van der Waals surface area (Å²) in [5, 5.41) is 2.17. The predicted molar refractivity (Wildman–Crippen MR) is 82.7 cm³/mol. The Bertz CT molecular complexity index is 574. The molecular weight excluding hydrogens is 268 g/mol. The van der Waals surface area contributed by atoms with Gasteiger partial charge in [-0.05, 0) is 30.4 Å². The fraction of sp³-hybridized carbons (Fsp3) is 0.533. The second kappa shape index (κ2) is 5.68. The van der Waals surface area contributed by atoms with E-state index >= 15 is 0 Å². The van der Waals surface area contributed by atoms with Crippen LogP contribution in [0.3, 0.4) is 0 Å². The highest BCUT2D eigenvalue weighted by atomic mass is 32.1. The van der Waals surface area contributed by atoms with Crippen LogP contribution in [-0.2, 0) is 13.1 Å². The summed E-state index contributed by atoms with van der Waals surface area (Å²) in [5.74, 6) is 1.15. The van der Waals surface area contributed by atoms with Crippen molar-refractivity contribution in [1.29, 1.82) is 0 Å². The van der Waals surface area contributed by atoms with Gasteiger partial charge in [-0.1, -0.05) is 6.92 Å². The quantitative estimate of drug-likeness (QED) is 0.941. The molecule has 0 aliphatic carbocycles. The summed E-state index contributed by atoms with van der Waals surface area (Å²) in [7, 11) is 0. The monoisotopic (exact) mass is 290 g/mol. The maximum Gasteiger partial charge on any atom is 0.122 e. The van der Waals surface area contributed by atoms with Crippen LogP contribution < -0.4 is 5.73 Å². The molecule has 2 atom stereocenters. The molecule has 2 aromatic rings. The summed E-state index contributed by atoms with van der Waals surface area (Å²) in [6.07, 6.45) is 4.95. The normalized spacial score (nSPS) is 18.8. The third kappa shape index (κ3) is 2.41. The largest absolute Gasteiger partial charge is 0.333 e. The lowest BCUT2D eigenvalue weighted by Gasteiger charge is -2.37. The molecule has 0 aromatic carbocycles. The van der Waals surface area contributed by atoms with E-state index < -0.39 is 0 Å². The molecular formula is C15H22N4S. The molecule has 0 bridgehead atoms. The molecule has 0 fully saturated rings. The average molecular weight is 290 g/mol. The SMILES string of the molecule is CCC(N)C(c1sccc1C)N1CCn2ccnc2C1. The first kappa shape index (κ1) is 13.8. The van der Waals surface area contributed by atoms with E-state index in [-0.39, 0.29) is 6.04 Å². The van der Waals surface area contributed by atoms with Crippen molar-refractivity contribution >= 4 is 11.3 Å². The van der Waals surface area contributed by atoms with Crippen LogP contribution in [0.4, 0.5) is 0 Å². The van der Waals surface area contributed by atoms with Gasteiger partial charge in [0.05, 0.1) is 12.6 Å². The first-order valence-electron chi connectivity index (χ1n) is 7.24. The van der Waals surface area contributed by atoms with Crippen molar-refractivity contribution in [3.63, 3.8) is 0 Å². The zero-order chi connectivity index (χ0) is 14.1. The van der Waals surface area contributed by atoms with Gasteiger partial charge in [-0.3, -0.25) is 4.90 Å². The second-order valence-electron chi connectivity index (χ2n) is 5.49. The van der Waals surface area contributed by atoms with Crippen molar-refractivity contribution in [2.75, 3.05) is 6.54 Å². The molecule has 5 heteroatoms. The van der Waals surface area contributed by atoms with Gasteiger partial charge in [0, 0.05) is 36.4 Å². The highest BCUT2D eigenvalue weighted by Crippen LogP contribution is 2.33. The fourth-order valence-corrected chi connectivity index (χ4v) is 4.11. The smallest absolute Gasteiger partial charge is 0.122 e. The van der Waals surface area contributed by atoms with Gasteiger partial charge in [-0.15, -0.1) is 11.3 Å². The Morgan fingerprint density at radius 3 is 3.00 bits per heavy atom. The number of nitrogens with zero attached hydrogens (tertiary/aromatic N) is 3. The molecule has 1 aliphatic rings. The van der Waals surface area contributed by atoms with Gasteiger partial charge in [0.2, 0.25) is 0 Å². The molecule has 2 N–H and O–H groups in total. The third-order valence-corrected chi connectivity index (χ3v) is 5.30. The fourth-order valence-electron chi connectivity index (χ4n) is 2.97. The Morgan fingerprint density at radius 1 is 1.45 bits per heavy atom. The first-order valence-corrected chi connectivity index (χ1v) is 8.12. The summed E-state index contributed by atoms with van der Waals surface area (Å²) in [6, 6.07) is 2.68. The lowest BCUT2D eigenvalue weighted by Crippen LogP contribution is -2.44. The Hall–Kier alpha value is -1.17. The van der Waals surface area contributed by atoms with E-state index in [2.05, 4.69) is 45.9 Å². The topological polar surface area (TPSA) is 47.1 Å². The van der Waals surface area contributed by atoms with Crippen LogP contribution in [0, 0.1) is 6.92 Å². The van der Waals surface area contributed by atoms with E-state index in [0.717, 1.165) is 31.9 Å². The van der Waals surface area contributed by atoms with Crippen molar-refractivity contribution in [1.82, 2.24) is 14.5 Å². The predicted octanol–water partition coefficient (Wildman–Crippen LogP) is 2.55. The van der Waals surface area contributed by atoms with Crippen LogP contribution in [0.2, 0.25) is 0 Å². The van der Waals surface area contributed by atoms with E-state index in [1.165, 1.54) is 10.4 Å². The number of thiophene rings is 1. The highest BCUT2D eigenvalue weighted by molar-refractivity contribution is 7.10. The third-order valence-electron chi connectivity index (χ3n) is 4.22. The molecule has 20 heavy (non-hydrogen) atoms. The molecule has 2 unspecified atom stereocenters. The number of hydrogen-bond donors (Lipinski definition) is 1. The van der Waals surface area contributed by atoms with Crippen LogP contribution in [0.1, 0.15) is 35.7 Å². The molecule has 3 heterocycles. The van der Waals surface area contributed by atoms with Crippen molar-refractivity contribution in [2.24, 2.45) is 5.73 Å². The van der Waals surface area contributed by atoms with Gasteiger partial charge < -0.3 is 10.3 Å². The van der Waals surface area contributed by atoms with Crippen LogP contribution in [0.5, 0.6) is 0 Å². The van der Waals surface area contributed by atoms with E-state index in [9.17, 15) is 0 Å². The second-order valence-corrected chi connectivity index (χ2v) is 6.44. The standard InChI is InChI=1S/C15H22N4S/c1-3-12(16)14(15-11(2)4-9-20-15)19-8-7-18-6-5-17-13(18)10-19/h4-6,9,12,14H,3,7-8,10,16H2,1-2H3. The van der Waals surface area contributed by atoms with Crippen molar-refractivity contribution in [2.45, 2.75) is 45.4 Å². The minimum absolute atomic E-state index is 0.175. The van der Waals surface area contributed by atoms with Gasteiger partial charge >= 0.3 is 0 Å². The molecule has 3 rings (SSSR count). The molecule has 1 aliphatic heterocycles.